The Hall–Kier alpha value is -6.42. The smallest absolute Gasteiger partial charge is 0.251 e. The van der Waals surface area contributed by atoms with Gasteiger partial charge in [0.2, 0.25) is 59.1 Å². The lowest BCUT2D eigenvalue weighted by molar-refractivity contribution is -0.157. The van der Waals surface area contributed by atoms with Crippen LogP contribution in [0.2, 0.25) is 0 Å². The van der Waals surface area contributed by atoms with Crippen LogP contribution in [0.4, 0.5) is 0 Å². The van der Waals surface area contributed by atoms with Gasteiger partial charge in [-0.1, -0.05) is 116 Å². The minimum absolute atomic E-state index is 0.128. The van der Waals surface area contributed by atoms with E-state index in [4.69, 9.17) is 0 Å². The average Bonchev–Trinajstić information content (AvgIpc) is 2.16. The zero-order chi connectivity index (χ0) is 66.8. The third kappa shape index (κ3) is 21.5. The zero-order valence-corrected chi connectivity index (χ0v) is 56.8. The summed E-state index contributed by atoms with van der Waals surface area (Å²) in [6.45, 7) is 30.8. The molecule has 0 spiro atoms. The molecule has 0 aromatic rings. The lowest BCUT2D eigenvalue weighted by atomic mass is 9.92. The highest BCUT2D eigenvalue weighted by atomic mass is 16.2. The van der Waals surface area contributed by atoms with Gasteiger partial charge in [0.25, 0.3) is 5.91 Å². The zero-order valence-electron chi connectivity index (χ0n) is 56.8. The number of allylic oxidation sites excluding steroid dienone is 2. The number of carbonyl (C=O) groups is 12. The van der Waals surface area contributed by atoms with Crippen LogP contribution in [0.5, 0.6) is 0 Å². The molecule has 0 aliphatic carbocycles. The average molecular weight is 1210 g/mol. The van der Waals surface area contributed by atoms with Crippen molar-refractivity contribution in [3.8, 4) is 0 Å². The number of rotatable bonds is 15. The van der Waals surface area contributed by atoms with Gasteiger partial charge in [-0.15, -0.1) is 0 Å². The molecule has 0 saturated carbocycles. The fourth-order valence-electron chi connectivity index (χ4n) is 10.7. The van der Waals surface area contributed by atoms with Gasteiger partial charge in [0, 0.05) is 55.3 Å². The summed E-state index contributed by atoms with van der Waals surface area (Å²) in [6.07, 6.45) is 4.28. The minimum Gasteiger partial charge on any atom is -0.343 e. The lowest BCUT2D eigenvalue weighted by Crippen LogP contribution is -2.63. The first-order valence-corrected chi connectivity index (χ1v) is 30.8. The summed E-state index contributed by atoms with van der Waals surface area (Å²) in [4.78, 5) is 183. The predicted octanol–water partition coefficient (Wildman–Crippen LogP) is 3.72. The topological polar surface area (TPSA) is 276 Å². The van der Waals surface area contributed by atoms with E-state index in [2.05, 4.69) is 21.3 Å². The van der Waals surface area contributed by atoms with Crippen LogP contribution in [-0.4, -0.2) is 221 Å². The number of nitrogens with one attached hydrogen (secondary N) is 4. The van der Waals surface area contributed by atoms with Gasteiger partial charge < -0.3 is 55.6 Å². The monoisotopic (exact) mass is 1210 g/mol. The van der Waals surface area contributed by atoms with E-state index in [1.165, 1.54) is 87.7 Å². The number of ketones is 1. The van der Waals surface area contributed by atoms with Gasteiger partial charge in [-0.25, -0.2) is 0 Å². The fraction of sp³-hybridized carbons (Fsp3) is 0.778. The second-order valence-electron chi connectivity index (χ2n) is 26.6. The summed E-state index contributed by atoms with van der Waals surface area (Å²) in [6, 6.07) is -12.7. The number of nitrogens with zero attached hydrogens (tertiary/aromatic N) is 7. The largest absolute Gasteiger partial charge is 0.343 e. The Morgan fingerprint density at radius 3 is 1.26 bits per heavy atom. The molecule has 23 heteroatoms. The fourth-order valence-corrected chi connectivity index (χ4v) is 10.7. The molecule has 0 aromatic carbocycles. The van der Waals surface area contributed by atoms with Crippen LogP contribution in [0, 0.1) is 47.3 Å². The van der Waals surface area contributed by atoms with E-state index in [0.29, 0.717) is 0 Å². The summed E-state index contributed by atoms with van der Waals surface area (Å²) >= 11 is 0. The summed E-state index contributed by atoms with van der Waals surface area (Å²) in [5, 5.41) is 11.0. The molecule has 0 radical (unpaired) electrons. The van der Waals surface area contributed by atoms with Crippen molar-refractivity contribution in [2.75, 3.05) is 55.9 Å². The van der Waals surface area contributed by atoms with Crippen molar-refractivity contribution in [1.82, 2.24) is 55.6 Å². The number of likely N-dealkylation sites (N-methyl/N-ethyl adjacent to an activating group) is 7. The Labute approximate surface area is 514 Å². The van der Waals surface area contributed by atoms with Crippen LogP contribution >= 0.6 is 0 Å². The maximum atomic E-state index is 15.2. The Morgan fingerprint density at radius 1 is 0.430 bits per heavy atom. The van der Waals surface area contributed by atoms with Crippen molar-refractivity contribution in [2.45, 2.75) is 217 Å². The molecule has 1 rings (SSSR count). The van der Waals surface area contributed by atoms with Gasteiger partial charge in [0.1, 0.15) is 54.4 Å². The van der Waals surface area contributed by atoms with Crippen molar-refractivity contribution in [3.05, 3.63) is 12.2 Å². The molecule has 0 bridgehead atoms. The van der Waals surface area contributed by atoms with Crippen LogP contribution in [-0.2, 0) is 57.5 Å². The van der Waals surface area contributed by atoms with Gasteiger partial charge in [-0.3, -0.25) is 57.5 Å². The van der Waals surface area contributed by atoms with E-state index >= 15 is 9.59 Å². The molecule has 11 atom stereocenters. The number of hydrogen-bond donors (Lipinski definition) is 4. The second kappa shape index (κ2) is 34.8. The Balaban J connectivity index is 4.37. The maximum absolute atomic E-state index is 15.2. The molecular formula is C63H111N11O12. The summed E-state index contributed by atoms with van der Waals surface area (Å²) in [5.41, 5.74) is 0. The summed E-state index contributed by atoms with van der Waals surface area (Å²) in [5.74, 6) is -11.6. The van der Waals surface area contributed by atoms with E-state index in [9.17, 15) is 47.9 Å². The predicted molar refractivity (Wildman–Crippen MR) is 332 cm³/mol. The Morgan fingerprint density at radius 2 is 0.814 bits per heavy atom. The van der Waals surface area contributed by atoms with Crippen molar-refractivity contribution in [2.24, 2.45) is 47.3 Å². The minimum atomic E-state index is -1.82. The molecule has 1 fully saturated rings. The SMILES string of the molecule is C/C=C/C[C@@H](C)C(=O)[C@H]1C(=O)N[C@@H](C(C)C)C(=O)N(C)CC(=O)N(C)[C@@H](CC(C)C)C(=O)N[C@@H](C(C)C)C(=O)N(C)[C@@H](CC(C)C)C(=O)N[C@@H](C)C(=O)N[C@H](C)C(=O)N(C)[C@@H](CC(C)C)C(=O)N(C)[C@@H](CC(C)C)C(=O)N(C)C(C(C)C)C(=O)N1C. The van der Waals surface area contributed by atoms with E-state index < -0.39 is 161 Å². The molecule has 86 heavy (non-hydrogen) atoms. The molecular weight excluding hydrogens is 1100 g/mol. The molecule has 1 aliphatic rings. The first-order valence-electron chi connectivity index (χ1n) is 30.8. The molecule has 0 aromatic heterocycles. The number of Topliss-reactive ketones (excluding diaryl/α,β-unsaturated/α-hetero) is 1. The second-order valence-corrected chi connectivity index (χ2v) is 26.6. The third-order valence-corrected chi connectivity index (χ3v) is 16.1. The van der Waals surface area contributed by atoms with Gasteiger partial charge >= 0.3 is 0 Å². The first-order chi connectivity index (χ1) is 39.6. The highest BCUT2D eigenvalue weighted by molar-refractivity contribution is 6.10. The normalized spacial score (nSPS) is 26.4. The highest BCUT2D eigenvalue weighted by Gasteiger charge is 2.46. The van der Waals surface area contributed by atoms with Gasteiger partial charge in [-0.2, -0.15) is 0 Å². The highest BCUT2D eigenvalue weighted by Crippen LogP contribution is 2.25. The molecule has 4 N–H and O–H groups in total. The van der Waals surface area contributed by atoms with Crippen LogP contribution in [0.3, 0.4) is 0 Å². The standard InChI is InChI=1S/C63H111N11O12/c1-26-27-28-41(16)53(76)52-57(80)67-49(38(10)11)61(84)68(19)33-48(75)69(20)44(29-34(2)3)56(79)66-50(39(12)13)62(85)70(21)45(30-35(4)5)55(78)64-42(17)54(77)65-43(18)58(81)71(22)46(31-36(6)7)59(82)72(23)47(32-37(8)9)60(83)73(24)51(40(14)15)63(86)74(52)25/h26-27,34-47,49-52H,28-33H2,1-25H3,(H,64,78)(H,65,77)(H,66,79)(H,67,80)/b27-26+/t41-,42+,43-,44+,45+,46+,47+,49+,50+,51?,52+/m1/s1. The van der Waals surface area contributed by atoms with Crippen LogP contribution in [0.15, 0.2) is 12.2 Å². The summed E-state index contributed by atoms with van der Waals surface area (Å²) in [7, 11) is 9.80. The molecule has 23 nitrogen and oxygen atoms in total. The molecule has 1 heterocycles. The quantitative estimate of drug-likeness (QED) is 0.135. The van der Waals surface area contributed by atoms with E-state index in [0.717, 1.165) is 9.80 Å². The molecule has 1 unspecified atom stereocenters. The molecule has 11 amide bonds. The Kier molecular flexibility index (Phi) is 31.4. The first kappa shape index (κ1) is 77.6. The van der Waals surface area contributed by atoms with E-state index in [-0.39, 0.29) is 55.8 Å². The number of amides is 11. The lowest BCUT2D eigenvalue weighted by Gasteiger charge is -2.41. The van der Waals surface area contributed by atoms with Crippen molar-refractivity contribution in [1.29, 1.82) is 0 Å². The molecule has 1 aliphatic heterocycles. The van der Waals surface area contributed by atoms with Crippen LogP contribution in [0.1, 0.15) is 157 Å². The maximum Gasteiger partial charge on any atom is 0.251 e. The van der Waals surface area contributed by atoms with Gasteiger partial charge in [-0.05, 0) is 94.3 Å². The number of hydrogen-bond acceptors (Lipinski definition) is 12. The van der Waals surface area contributed by atoms with Gasteiger partial charge in [0.15, 0.2) is 11.8 Å². The molecule has 490 valence electrons. The van der Waals surface area contributed by atoms with Crippen molar-refractivity contribution < 1.29 is 57.5 Å². The van der Waals surface area contributed by atoms with Crippen LogP contribution < -0.4 is 21.3 Å². The number of carbonyl (C=O) groups excluding carboxylic acids is 12. The third-order valence-electron chi connectivity index (χ3n) is 16.1. The van der Waals surface area contributed by atoms with E-state index in [1.807, 2.05) is 55.4 Å². The van der Waals surface area contributed by atoms with E-state index in [1.54, 1.807) is 67.5 Å². The molecule has 1 saturated heterocycles. The van der Waals surface area contributed by atoms with Crippen LogP contribution in [0.25, 0.3) is 0 Å². The summed E-state index contributed by atoms with van der Waals surface area (Å²) < 4.78 is 0. The Bertz CT molecular complexity index is 2410. The van der Waals surface area contributed by atoms with Crippen molar-refractivity contribution >= 4 is 70.8 Å². The van der Waals surface area contributed by atoms with Gasteiger partial charge in [0.05, 0.1) is 6.54 Å². The van der Waals surface area contributed by atoms with Crippen molar-refractivity contribution in [3.63, 3.8) is 0 Å².